The quantitative estimate of drug-likeness (QED) is 0.790. The number of ether oxygens (including phenoxy) is 1. The highest BCUT2D eigenvalue weighted by Gasteiger charge is 2.11. The van der Waals surface area contributed by atoms with Crippen LogP contribution in [-0.2, 0) is 6.54 Å². The molecule has 0 aliphatic heterocycles. The molecule has 1 rings (SSSR count). The first kappa shape index (κ1) is 17.0. The van der Waals surface area contributed by atoms with Gasteiger partial charge in [-0.2, -0.15) is 0 Å². The summed E-state index contributed by atoms with van der Waals surface area (Å²) in [6.07, 6.45) is 1.21. The molecule has 2 unspecified atom stereocenters. The zero-order valence-electron chi connectivity index (χ0n) is 13.6. The molecular formula is C17H30N2O. The van der Waals surface area contributed by atoms with E-state index in [1.54, 1.807) is 0 Å². The maximum absolute atomic E-state index is 5.99. The molecule has 0 aliphatic rings. The van der Waals surface area contributed by atoms with E-state index in [4.69, 9.17) is 10.5 Å². The average Bonchev–Trinajstić information content (AvgIpc) is 2.40. The van der Waals surface area contributed by atoms with Crippen molar-refractivity contribution in [3.05, 3.63) is 29.3 Å². The molecule has 20 heavy (non-hydrogen) atoms. The third kappa shape index (κ3) is 5.14. The van der Waals surface area contributed by atoms with Gasteiger partial charge in [0.1, 0.15) is 5.75 Å². The molecular weight excluding hydrogens is 248 g/mol. The summed E-state index contributed by atoms with van der Waals surface area (Å²) >= 11 is 0. The van der Waals surface area contributed by atoms with Crippen LogP contribution in [0.15, 0.2) is 18.2 Å². The number of rotatable bonds is 8. The molecule has 0 spiro atoms. The van der Waals surface area contributed by atoms with Gasteiger partial charge in [0.15, 0.2) is 0 Å². The molecule has 2 N–H and O–H groups in total. The molecule has 0 amide bonds. The van der Waals surface area contributed by atoms with Gasteiger partial charge in [0, 0.05) is 24.7 Å². The van der Waals surface area contributed by atoms with E-state index < -0.39 is 0 Å². The van der Waals surface area contributed by atoms with Crippen LogP contribution in [0.5, 0.6) is 5.75 Å². The van der Waals surface area contributed by atoms with E-state index in [0.29, 0.717) is 12.5 Å². The Kier molecular flexibility index (Phi) is 7.03. The van der Waals surface area contributed by atoms with E-state index >= 15 is 0 Å². The molecule has 2 atom stereocenters. The second-order valence-electron chi connectivity index (χ2n) is 5.80. The summed E-state index contributed by atoms with van der Waals surface area (Å²) in [6, 6.07) is 6.36. The van der Waals surface area contributed by atoms with Crippen molar-refractivity contribution in [1.29, 1.82) is 0 Å². The first-order chi connectivity index (χ1) is 9.47. The van der Waals surface area contributed by atoms with Gasteiger partial charge in [0.05, 0.1) is 6.61 Å². The summed E-state index contributed by atoms with van der Waals surface area (Å²) in [6.45, 7) is 11.3. The lowest BCUT2D eigenvalue weighted by Gasteiger charge is -2.22. The van der Waals surface area contributed by atoms with Crippen LogP contribution in [0, 0.1) is 5.92 Å². The fourth-order valence-electron chi connectivity index (χ4n) is 2.32. The summed E-state index contributed by atoms with van der Waals surface area (Å²) in [4.78, 5) is 2.36. The van der Waals surface area contributed by atoms with Gasteiger partial charge in [-0.3, -0.25) is 0 Å². The molecule has 0 aromatic heterocycles. The second-order valence-corrected chi connectivity index (χ2v) is 5.80. The number of hydrogen-bond donors (Lipinski definition) is 1. The Morgan fingerprint density at radius 2 is 1.95 bits per heavy atom. The summed E-state index contributed by atoms with van der Waals surface area (Å²) in [5, 5.41) is 0. The van der Waals surface area contributed by atoms with Crippen molar-refractivity contribution in [2.24, 2.45) is 11.7 Å². The molecule has 0 saturated carbocycles. The first-order valence-corrected chi connectivity index (χ1v) is 7.67. The lowest BCUT2D eigenvalue weighted by atomic mass is 10.0. The summed E-state index contributed by atoms with van der Waals surface area (Å²) in [7, 11) is 2.17. The monoisotopic (exact) mass is 278 g/mol. The minimum atomic E-state index is 0.0595. The lowest BCUT2D eigenvalue weighted by molar-refractivity contribution is 0.266. The lowest BCUT2D eigenvalue weighted by Crippen LogP contribution is -2.24. The number of nitrogens with zero attached hydrogens (tertiary/aromatic N) is 1. The molecule has 0 saturated heterocycles. The largest absolute Gasteiger partial charge is 0.494 e. The smallest absolute Gasteiger partial charge is 0.123 e. The SMILES string of the molecule is CCOc1ccc(C(C)N)cc1CN(C)CC(C)CC. The Labute approximate surface area is 124 Å². The van der Waals surface area contributed by atoms with Crippen LogP contribution in [0.3, 0.4) is 0 Å². The minimum Gasteiger partial charge on any atom is -0.494 e. The average molecular weight is 278 g/mol. The van der Waals surface area contributed by atoms with Crippen LogP contribution in [0.25, 0.3) is 0 Å². The van der Waals surface area contributed by atoms with Crippen molar-refractivity contribution in [1.82, 2.24) is 4.90 Å². The maximum atomic E-state index is 5.99. The zero-order chi connectivity index (χ0) is 15.1. The Hall–Kier alpha value is -1.06. The van der Waals surface area contributed by atoms with Crippen molar-refractivity contribution < 1.29 is 4.74 Å². The Balaban J connectivity index is 2.86. The van der Waals surface area contributed by atoms with Crippen molar-refractivity contribution >= 4 is 0 Å². The van der Waals surface area contributed by atoms with Gasteiger partial charge in [-0.05, 0) is 44.5 Å². The molecule has 0 fully saturated rings. The highest BCUT2D eigenvalue weighted by Crippen LogP contribution is 2.24. The maximum Gasteiger partial charge on any atom is 0.123 e. The van der Waals surface area contributed by atoms with Gasteiger partial charge in [0.2, 0.25) is 0 Å². The third-order valence-corrected chi connectivity index (χ3v) is 3.67. The molecule has 0 aliphatic carbocycles. The topological polar surface area (TPSA) is 38.5 Å². The van der Waals surface area contributed by atoms with Crippen LogP contribution in [0.1, 0.15) is 51.3 Å². The summed E-state index contributed by atoms with van der Waals surface area (Å²) < 4.78 is 5.74. The zero-order valence-corrected chi connectivity index (χ0v) is 13.6. The van der Waals surface area contributed by atoms with Crippen LogP contribution < -0.4 is 10.5 Å². The van der Waals surface area contributed by atoms with Gasteiger partial charge < -0.3 is 15.4 Å². The van der Waals surface area contributed by atoms with E-state index in [0.717, 1.165) is 18.8 Å². The van der Waals surface area contributed by atoms with Crippen molar-refractivity contribution in [3.8, 4) is 5.75 Å². The molecule has 0 radical (unpaired) electrons. The van der Waals surface area contributed by atoms with Gasteiger partial charge in [-0.15, -0.1) is 0 Å². The predicted octanol–water partition coefficient (Wildman–Crippen LogP) is 3.58. The van der Waals surface area contributed by atoms with E-state index in [-0.39, 0.29) is 6.04 Å². The number of hydrogen-bond acceptors (Lipinski definition) is 3. The normalized spacial score (nSPS) is 14.3. The second kappa shape index (κ2) is 8.28. The summed E-state index contributed by atoms with van der Waals surface area (Å²) in [5.41, 5.74) is 8.38. The van der Waals surface area contributed by atoms with Gasteiger partial charge in [-0.1, -0.05) is 26.3 Å². The van der Waals surface area contributed by atoms with Crippen LogP contribution in [0.4, 0.5) is 0 Å². The van der Waals surface area contributed by atoms with Crippen molar-refractivity contribution in [2.45, 2.75) is 46.7 Å². The molecule has 1 aromatic rings. The van der Waals surface area contributed by atoms with Gasteiger partial charge in [-0.25, -0.2) is 0 Å². The van der Waals surface area contributed by atoms with E-state index in [1.165, 1.54) is 17.5 Å². The van der Waals surface area contributed by atoms with Gasteiger partial charge in [0.25, 0.3) is 0 Å². The molecule has 114 valence electrons. The highest BCUT2D eigenvalue weighted by molar-refractivity contribution is 5.38. The Morgan fingerprint density at radius 1 is 1.25 bits per heavy atom. The van der Waals surface area contributed by atoms with E-state index in [1.807, 2.05) is 13.8 Å². The van der Waals surface area contributed by atoms with E-state index in [2.05, 4.69) is 44.0 Å². The van der Waals surface area contributed by atoms with Crippen molar-refractivity contribution in [3.63, 3.8) is 0 Å². The van der Waals surface area contributed by atoms with Crippen LogP contribution in [-0.4, -0.2) is 25.1 Å². The Bertz CT molecular complexity index is 404. The predicted molar refractivity (Wildman–Crippen MR) is 86.0 cm³/mol. The van der Waals surface area contributed by atoms with Crippen LogP contribution >= 0.6 is 0 Å². The standard InChI is InChI=1S/C17H30N2O/c1-6-13(3)11-19(5)12-16-10-15(14(4)18)8-9-17(16)20-7-2/h8-10,13-14H,6-7,11-12,18H2,1-5H3. The Morgan fingerprint density at radius 3 is 2.50 bits per heavy atom. The fraction of sp³-hybridized carbons (Fsp3) is 0.647. The highest BCUT2D eigenvalue weighted by atomic mass is 16.5. The molecule has 0 heterocycles. The minimum absolute atomic E-state index is 0.0595. The molecule has 1 aromatic carbocycles. The molecule has 0 bridgehead atoms. The fourth-order valence-corrected chi connectivity index (χ4v) is 2.32. The van der Waals surface area contributed by atoms with Gasteiger partial charge >= 0.3 is 0 Å². The first-order valence-electron chi connectivity index (χ1n) is 7.67. The van der Waals surface area contributed by atoms with Crippen molar-refractivity contribution in [2.75, 3.05) is 20.2 Å². The molecule has 3 nitrogen and oxygen atoms in total. The third-order valence-electron chi connectivity index (χ3n) is 3.67. The number of nitrogens with two attached hydrogens (primary N) is 1. The van der Waals surface area contributed by atoms with E-state index in [9.17, 15) is 0 Å². The van der Waals surface area contributed by atoms with Crippen LogP contribution in [0.2, 0.25) is 0 Å². The number of benzene rings is 1. The summed E-state index contributed by atoms with van der Waals surface area (Å²) in [5.74, 6) is 1.69. The molecule has 3 heteroatoms.